The molecular formula is C9H20ClNO2S. The van der Waals surface area contributed by atoms with E-state index in [-0.39, 0.29) is 11.8 Å². The smallest absolute Gasteiger partial charge is 0.211 e. The summed E-state index contributed by atoms with van der Waals surface area (Å²) in [6.45, 7) is 3.85. The third-order valence-electron chi connectivity index (χ3n) is 1.92. The van der Waals surface area contributed by atoms with Gasteiger partial charge in [0.2, 0.25) is 10.0 Å². The molecule has 86 valence electrons. The fourth-order valence-corrected chi connectivity index (χ4v) is 2.81. The summed E-state index contributed by atoms with van der Waals surface area (Å²) in [7, 11) is -3.07. The first-order valence-corrected chi connectivity index (χ1v) is 7.26. The van der Waals surface area contributed by atoms with Gasteiger partial charge >= 0.3 is 0 Å². The van der Waals surface area contributed by atoms with Crippen LogP contribution in [0.4, 0.5) is 0 Å². The van der Waals surface area contributed by atoms with Gasteiger partial charge in [-0.1, -0.05) is 13.3 Å². The first kappa shape index (κ1) is 14.2. The minimum Gasteiger partial charge on any atom is -0.212 e. The molecule has 0 aromatic heterocycles. The summed E-state index contributed by atoms with van der Waals surface area (Å²) in [6.07, 6.45) is 3.27. The van der Waals surface area contributed by atoms with E-state index in [1.54, 1.807) is 0 Å². The van der Waals surface area contributed by atoms with Crippen molar-refractivity contribution < 1.29 is 8.42 Å². The van der Waals surface area contributed by atoms with Gasteiger partial charge in [0.15, 0.2) is 0 Å². The first-order chi connectivity index (χ1) is 6.52. The Kier molecular flexibility index (Phi) is 7.59. The van der Waals surface area contributed by atoms with Crippen molar-refractivity contribution in [1.82, 2.24) is 4.72 Å². The van der Waals surface area contributed by atoms with Gasteiger partial charge in [0.05, 0.1) is 5.75 Å². The molecule has 0 saturated carbocycles. The summed E-state index contributed by atoms with van der Waals surface area (Å²) in [5.74, 6) is 0.815. The number of halogens is 1. The number of hydrogen-bond acceptors (Lipinski definition) is 2. The maximum absolute atomic E-state index is 11.4. The van der Waals surface area contributed by atoms with Gasteiger partial charge in [-0.3, -0.25) is 0 Å². The van der Waals surface area contributed by atoms with Crippen molar-refractivity contribution in [1.29, 1.82) is 0 Å². The van der Waals surface area contributed by atoms with Crippen LogP contribution in [0.1, 0.15) is 39.5 Å². The van der Waals surface area contributed by atoms with Crippen molar-refractivity contribution in [2.75, 3.05) is 11.6 Å². The molecule has 0 fully saturated rings. The molecule has 0 rings (SSSR count). The van der Waals surface area contributed by atoms with Crippen molar-refractivity contribution in [3.8, 4) is 0 Å². The van der Waals surface area contributed by atoms with Gasteiger partial charge in [0, 0.05) is 11.9 Å². The van der Waals surface area contributed by atoms with Crippen LogP contribution in [0.3, 0.4) is 0 Å². The summed E-state index contributed by atoms with van der Waals surface area (Å²) >= 11 is 5.52. The second-order valence-electron chi connectivity index (χ2n) is 3.52. The van der Waals surface area contributed by atoms with Gasteiger partial charge in [0.1, 0.15) is 0 Å². The predicted molar refractivity (Wildman–Crippen MR) is 61.2 cm³/mol. The highest BCUT2D eigenvalue weighted by Crippen LogP contribution is 2.01. The fourth-order valence-electron chi connectivity index (χ4n) is 1.14. The summed E-state index contributed by atoms with van der Waals surface area (Å²) in [5.41, 5.74) is 0. The van der Waals surface area contributed by atoms with E-state index in [0.717, 1.165) is 25.7 Å². The fraction of sp³-hybridized carbons (Fsp3) is 1.00. The van der Waals surface area contributed by atoms with Crippen LogP contribution < -0.4 is 4.72 Å². The zero-order valence-corrected chi connectivity index (χ0v) is 10.5. The number of rotatable bonds is 8. The maximum atomic E-state index is 11.4. The molecule has 1 unspecified atom stereocenters. The Morgan fingerprint density at radius 3 is 2.50 bits per heavy atom. The standard InChI is InChI=1S/C9H20ClNO2S/c1-3-4-8-14(12,13)11-9(2)6-5-7-10/h9,11H,3-8H2,1-2H3. The number of alkyl halides is 1. The monoisotopic (exact) mass is 241 g/mol. The highest BCUT2D eigenvalue weighted by atomic mass is 35.5. The molecule has 0 amide bonds. The van der Waals surface area contributed by atoms with E-state index >= 15 is 0 Å². The van der Waals surface area contributed by atoms with E-state index < -0.39 is 10.0 Å². The zero-order valence-electron chi connectivity index (χ0n) is 8.92. The molecule has 0 bridgehead atoms. The van der Waals surface area contributed by atoms with Crippen molar-refractivity contribution in [2.24, 2.45) is 0 Å². The first-order valence-electron chi connectivity index (χ1n) is 5.07. The van der Waals surface area contributed by atoms with Crippen LogP contribution in [0.2, 0.25) is 0 Å². The lowest BCUT2D eigenvalue weighted by molar-refractivity contribution is 0.542. The molecule has 5 heteroatoms. The van der Waals surface area contributed by atoms with E-state index in [2.05, 4.69) is 4.72 Å². The summed E-state index contributed by atoms with van der Waals surface area (Å²) in [6, 6.07) is -0.00407. The van der Waals surface area contributed by atoms with E-state index in [9.17, 15) is 8.42 Å². The average Bonchev–Trinajstić information content (AvgIpc) is 2.11. The van der Waals surface area contributed by atoms with Crippen molar-refractivity contribution in [3.05, 3.63) is 0 Å². The molecule has 0 spiro atoms. The van der Waals surface area contributed by atoms with Crippen molar-refractivity contribution in [2.45, 2.75) is 45.6 Å². The lowest BCUT2D eigenvalue weighted by Gasteiger charge is -2.12. The molecule has 14 heavy (non-hydrogen) atoms. The summed E-state index contributed by atoms with van der Waals surface area (Å²) in [5, 5.41) is 0. The van der Waals surface area contributed by atoms with Crippen LogP contribution in [0.5, 0.6) is 0 Å². The second-order valence-corrected chi connectivity index (χ2v) is 5.77. The van der Waals surface area contributed by atoms with E-state index in [1.165, 1.54) is 0 Å². The Morgan fingerprint density at radius 1 is 1.36 bits per heavy atom. The molecule has 0 aliphatic rings. The average molecular weight is 242 g/mol. The molecule has 0 aromatic carbocycles. The SMILES string of the molecule is CCCCS(=O)(=O)NC(C)CCCCl. The van der Waals surface area contributed by atoms with Gasteiger partial charge in [-0.05, 0) is 26.2 Å². The molecular weight excluding hydrogens is 222 g/mol. The van der Waals surface area contributed by atoms with Gasteiger partial charge in [0.25, 0.3) is 0 Å². The van der Waals surface area contributed by atoms with Gasteiger partial charge < -0.3 is 0 Å². The van der Waals surface area contributed by atoms with Crippen LogP contribution in [0, 0.1) is 0 Å². The Labute approximate surface area is 92.3 Å². The molecule has 0 aliphatic heterocycles. The Hall–Kier alpha value is 0.200. The number of hydrogen-bond donors (Lipinski definition) is 1. The van der Waals surface area contributed by atoms with Gasteiger partial charge in [-0.25, -0.2) is 13.1 Å². The highest BCUT2D eigenvalue weighted by molar-refractivity contribution is 7.89. The topological polar surface area (TPSA) is 46.2 Å². The molecule has 0 aromatic rings. The van der Waals surface area contributed by atoms with E-state index in [4.69, 9.17) is 11.6 Å². The Morgan fingerprint density at radius 2 is 2.00 bits per heavy atom. The third-order valence-corrected chi connectivity index (χ3v) is 3.77. The Balaban J connectivity index is 3.83. The van der Waals surface area contributed by atoms with Gasteiger partial charge in [-0.15, -0.1) is 11.6 Å². The molecule has 0 aliphatic carbocycles. The van der Waals surface area contributed by atoms with Crippen LogP contribution in [-0.2, 0) is 10.0 Å². The highest BCUT2D eigenvalue weighted by Gasteiger charge is 2.12. The maximum Gasteiger partial charge on any atom is 0.211 e. The summed E-state index contributed by atoms with van der Waals surface area (Å²) < 4.78 is 25.5. The van der Waals surface area contributed by atoms with Crippen LogP contribution in [0.25, 0.3) is 0 Å². The molecule has 1 N–H and O–H groups in total. The zero-order chi connectivity index (χ0) is 11.0. The number of sulfonamides is 1. The molecule has 0 radical (unpaired) electrons. The number of unbranched alkanes of at least 4 members (excludes halogenated alkanes) is 1. The second kappa shape index (κ2) is 7.49. The normalized spacial score (nSPS) is 14.2. The molecule has 1 atom stereocenters. The number of nitrogens with one attached hydrogen (secondary N) is 1. The molecule has 0 heterocycles. The van der Waals surface area contributed by atoms with Gasteiger partial charge in [-0.2, -0.15) is 0 Å². The quantitative estimate of drug-likeness (QED) is 0.662. The van der Waals surface area contributed by atoms with Crippen molar-refractivity contribution >= 4 is 21.6 Å². The largest absolute Gasteiger partial charge is 0.212 e. The summed E-state index contributed by atoms with van der Waals surface area (Å²) in [4.78, 5) is 0. The minimum atomic E-state index is -3.07. The third kappa shape index (κ3) is 7.59. The van der Waals surface area contributed by atoms with Crippen LogP contribution in [0.15, 0.2) is 0 Å². The predicted octanol–water partition coefficient (Wildman–Crippen LogP) is 2.11. The van der Waals surface area contributed by atoms with Crippen molar-refractivity contribution in [3.63, 3.8) is 0 Å². The van der Waals surface area contributed by atoms with E-state index in [0.29, 0.717) is 5.88 Å². The lowest BCUT2D eigenvalue weighted by atomic mass is 10.2. The van der Waals surface area contributed by atoms with Crippen LogP contribution in [-0.4, -0.2) is 26.1 Å². The minimum absolute atomic E-state index is 0.00407. The molecule has 0 saturated heterocycles. The Bertz CT molecular complexity index is 229. The van der Waals surface area contributed by atoms with E-state index in [1.807, 2.05) is 13.8 Å². The lowest BCUT2D eigenvalue weighted by Crippen LogP contribution is -2.34. The molecule has 3 nitrogen and oxygen atoms in total. The van der Waals surface area contributed by atoms with Crippen LogP contribution >= 0.6 is 11.6 Å².